The molecule has 1 amide bonds. The Morgan fingerprint density at radius 3 is 1.90 bits per heavy atom. The zero-order valence-corrected chi connectivity index (χ0v) is 11.6. The van der Waals surface area contributed by atoms with Crippen LogP contribution in [0.25, 0.3) is 0 Å². The topological polar surface area (TPSA) is 72.2 Å². The summed E-state index contributed by atoms with van der Waals surface area (Å²) in [5.74, 6) is -0.299. The van der Waals surface area contributed by atoms with E-state index in [0.29, 0.717) is 11.1 Å². The van der Waals surface area contributed by atoms with Crippen molar-refractivity contribution < 1.29 is 9.72 Å². The van der Waals surface area contributed by atoms with Crippen molar-refractivity contribution >= 4 is 5.91 Å². The SMILES string of the molecule is CC(=O)N[C@H](c1ccccc1)[C@@H](c1ccccc1)[N+](=O)[O-]. The molecule has 0 unspecified atom stereocenters. The molecule has 5 nitrogen and oxygen atoms in total. The van der Waals surface area contributed by atoms with E-state index in [1.165, 1.54) is 6.92 Å². The molecule has 0 saturated heterocycles. The van der Waals surface area contributed by atoms with Gasteiger partial charge in [0.25, 0.3) is 6.04 Å². The Balaban J connectivity index is 2.46. The number of carbonyl (C=O) groups excluding carboxylic acids is 1. The fourth-order valence-electron chi connectivity index (χ4n) is 2.31. The van der Waals surface area contributed by atoms with Crippen LogP contribution in [-0.2, 0) is 4.79 Å². The lowest BCUT2D eigenvalue weighted by Crippen LogP contribution is -2.34. The summed E-state index contributed by atoms with van der Waals surface area (Å²) in [5, 5.41) is 14.2. The van der Waals surface area contributed by atoms with Crippen LogP contribution >= 0.6 is 0 Å². The summed E-state index contributed by atoms with van der Waals surface area (Å²) >= 11 is 0. The zero-order valence-electron chi connectivity index (χ0n) is 11.6. The second-order valence-corrected chi connectivity index (χ2v) is 4.73. The summed E-state index contributed by atoms with van der Waals surface area (Å²) < 4.78 is 0. The van der Waals surface area contributed by atoms with Crippen LogP contribution in [0.15, 0.2) is 60.7 Å². The number of rotatable bonds is 5. The molecular weight excluding hydrogens is 268 g/mol. The normalized spacial score (nSPS) is 13.2. The fourth-order valence-corrected chi connectivity index (χ4v) is 2.31. The van der Waals surface area contributed by atoms with E-state index in [9.17, 15) is 14.9 Å². The molecule has 2 aromatic carbocycles. The third-order valence-electron chi connectivity index (χ3n) is 3.20. The van der Waals surface area contributed by atoms with E-state index >= 15 is 0 Å². The van der Waals surface area contributed by atoms with Crippen LogP contribution in [0, 0.1) is 10.1 Å². The average molecular weight is 284 g/mol. The number of hydrogen-bond acceptors (Lipinski definition) is 3. The van der Waals surface area contributed by atoms with Crippen LogP contribution in [0.3, 0.4) is 0 Å². The number of hydrogen-bond donors (Lipinski definition) is 1. The highest BCUT2D eigenvalue weighted by Gasteiger charge is 2.34. The van der Waals surface area contributed by atoms with E-state index in [4.69, 9.17) is 0 Å². The number of benzene rings is 2. The summed E-state index contributed by atoms with van der Waals surface area (Å²) in [6.45, 7) is 1.36. The number of nitrogens with one attached hydrogen (secondary N) is 1. The minimum Gasteiger partial charge on any atom is -0.343 e. The van der Waals surface area contributed by atoms with Gasteiger partial charge in [-0.1, -0.05) is 60.7 Å². The highest BCUT2D eigenvalue weighted by atomic mass is 16.6. The lowest BCUT2D eigenvalue weighted by molar-refractivity contribution is -0.534. The van der Waals surface area contributed by atoms with Gasteiger partial charge in [-0.15, -0.1) is 0 Å². The highest BCUT2D eigenvalue weighted by molar-refractivity contribution is 5.73. The first kappa shape index (κ1) is 14.7. The fraction of sp³-hybridized carbons (Fsp3) is 0.188. The van der Waals surface area contributed by atoms with Gasteiger partial charge in [-0.05, 0) is 5.56 Å². The third-order valence-corrected chi connectivity index (χ3v) is 3.20. The van der Waals surface area contributed by atoms with E-state index < -0.39 is 12.1 Å². The monoisotopic (exact) mass is 284 g/mol. The molecule has 2 atom stereocenters. The maximum atomic E-state index is 11.6. The molecule has 0 bridgehead atoms. The van der Waals surface area contributed by atoms with Crippen LogP contribution in [-0.4, -0.2) is 10.8 Å². The standard InChI is InChI=1S/C16H16N2O3/c1-12(19)17-15(13-8-4-2-5-9-13)16(18(20)21)14-10-6-3-7-11-14/h2-11,15-16H,1H3,(H,17,19)/t15-,16-/m1/s1. The molecule has 1 N–H and O–H groups in total. The molecule has 21 heavy (non-hydrogen) atoms. The first-order valence-corrected chi connectivity index (χ1v) is 6.60. The van der Waals surface area contributed by atoms with Crippen molar-refractivity contribution in [3.63, 3.8) is 0 Å². The molecule has 0 aliphatic rings. The molecule has 0 heterocycles. The van der Waals surface area contributed by atoms with Crippen LogP contribution in [0.4, 0.5) is 0 Å². The van der Waals surface area contributed by atoms with Crippen molar-refractivity contribution in [2.45, 2.75) is 19.0 Å². The number of carbonyl (C=O) groups is 1. The van der Waals surface area contributed by atoms with Crippen molar-refractivity contribution in [1.82, 2.24) is 5.32 Å². The first-order valence-electron chi connectivity index (χ1n) is 6.60. The maximum absolute atomic E-state index is 11.6. The Hall–Kier alpha value is -2.69. The van der Waals surface area contributed by atoms with Crippen molar-refractivity contribution in [2.75, 3.05) is 0 Å². The minimum absolute atomic E-state index is 0.299. The van der Waals surface area contributed by atoms with Gasteiger partial charge >= 0.3 is 0 Å². The molecule has 0 aromatic heterocycles. The Labute approximate surface area is 122 Å². The summed E-state index contributed by atoms with van der Waals surface area (Å²) in [5.41, 5.74) is 1.27. The largest absolute Gasteiger partial charge is 0.343 e. The molecule has 0 aliphatic heterocycles. The summed E-state index contributed by atoms with van der Waals surface area (Å²) in [6.07, 6.45) is 0. The van der Waals surface area contributed by atoms with Gasteiger partial charge in [0.2, 0.25) is 5.91 Å². The third kappa shape index (κ3) is 3.66. The number of nitro groups is 1. The van der Waals surface area contributed by atoms with Crippen molar-refractivity contribution in [3.8, 4) is 0 Å². The first-order chi connectivity index (χ1) is 10.1. The maximum Gasteiger partial charge on any atom is 0.262 e. The Morgan fingerprint density at radius 1 is 1.00 bits per heavy atom. The molecular formula is C16H16N2O3. The van der Waals surface area contributed by atoms with Crippen LogP contribution in [0.1, 0.15) is 30.1 Å². The van der Waals surface area contributed by atoms with E-state index in [0.717, 1.165) is 0 Å². The van der Waals surface area contributed by atoms with E-state index in [1.54, 1.807) is 54.6 Å². The van der Waals surface area contributed by atoms with Crippen molar-refractivity contribution in [3.05, 3.63) is 81.9 Å². The van der Waals surface area contributed by atoms with Gasteiger partial charge in [0.1, 0.15) is 6.04 Å². The Bertz CT molecular complexity index is 614. The van der Waals surface area contributed by atoms with Crippen molar-refractivity contribution in [2.24, 2.45) is 0 Å². The van der Waals surface area contributed by atoms with Gasteiger partial charge in [0.15, 0.2) is 0 Å². The molecule has 0 spiro atoms. The summed E-state index contributed by atoms with van der Waals surface area (Å²) in [7, 11) is 0. The van der Waals surface area contributed by atoms with E-state index in [-0.39, 0.29) is 10.8 Å². The van der Waals surface area contributed by atoms with Gasteiger partial charge in [-0.3, -0.25) is 14.9 Å². The summed E-state index contributed by atoms with van der Waals surface area (Å²) in [4.78, 5) is 22.6. The molecule has 0 fully saturated rings. The quantitative estimate of drug-likeness (QED) is 0.677. The zero-order chi connectivity index (χ0) is 15.2. The van der Waals surface area contributed by atoms with Gasteiger partial charge in [0, 0.05) is 17.4 Å². The van der Waals surface area contributed by atoms with E-state index in [2.05, 4.69) is 5.32 Å². The number of amides is 1. The van der Waals surface area contributed by atoms with Gasteiger partial charge in [-0.25, -0.2) is 0 Å². The second-order valence-electron chi connectivity index (χ2n) is 4.73. The van der Waals surface area contributed by atoms with E-state index in [1.807, 2.05) is 6.07 Å². The molecule has 2 rings (SSSR count). The molecule has 0 saturated carbocycles. The molecule has 5 heteroatoms. The smallest absolute Gasteiger partial charge is 0.262 e. The lowest BCUT2D eigenvalue weighted by Gasteiger charge is -2.22. The number of nitrogens with zero attached hydrogens (tertiary/aromatic N) is 1. The molecule has 108 valence electrons. The van der Waals surface area contributed by atoms with Gasteiger partial charge in [0.05, 0.1) is 0 Å². The minimum atomic E-state index is -1.03. The van der Waals surface area contributed by atoms with Gasteiger partial charge < -0.3 is 5.32 Å². The average Bonchev–Trinajstić information content (AvgIpc) is 2.48. The van der Waals surface area contributed by atoms with Crippen LogP contribution < -0.4 is 5.32 Å². The lowest BCUT2D eigenvalue weighted by atomic mass is 9.94. The highest BCUT2D eigenvalue weighted by Crippen LogP contribution is 2.31. The Kier molecular flexibility index (Phi) is 4.66. The molecule has 0 aliphatic carbocycles. The Morgan fingerprint density at radius 2 is 1.48 bits per heavy atom. The second kappa shape index (κ2) is 6.65. The molecule has 0 radical (unpaired) electrons. The molecule has 2 aromatic rings. The van der Waals surface area contributed by atoms with Gasteiger partial charge in [-0.2, -0.15) is 0 Å². The predicted octanol–water partition coefficient (Wildman–Crippen LogP) is 2.88. The van der Waals surface area contributed by atoms with Crippen LogP contribution in [0.5, 0.6) is 0 Å². The van der Waals surface area contributed by atoms with Crippen molar-refractivity contribution in [1.29, 1.82) is 0 Å². The summed E-state index contributed by atoms with van der Waals surface area (Å²) in [6, 6.07) is 15.9. The van der Waals surface area contributed by atoms with Crippen LogP contribution in [0.2, 0.25) is 0 Å². The predicted molar refractivity (Wildman–Crippen MR) is 79.2 cm³/mol.